The number of carbonyl (C=O) groups is 1. The summed E-state index contributed by atoms with van der Waals surface area (Å²) in [5, 5.41) is 7.64. The fourth-order valence-corrected chi connectivity index (χ4v) is 2.45. The molecule has 1 aliphatic rings. The molecule has 0 aliphatic carbocycles. The molecule has 1 amide bonds. The molecule has 0 spiro atoms. The van der Waals surface area contributed by atoms with Crippen LogP contribution < -0.4 is 0 Å². The Morgan fingerprint density at radius 2 is 2.00 bits per heavy atom. The van der Waals surface area contributed by atoms with Crippen molar-refractivity contribution >= 4 is 5.91 Å². The van der Waals surface area contributed by atoms with Gasteiger partial charge in [0.2, 0.25) is 5.76 Å². The molecular weight excluding hydrogens is 246 g/mol. The lowest BCUT2D eigenvalue weighted by Gasteiger charge is -2.20. The number of rotatable bonds is 2. The molecule has 2 aromatic heterocycles. The van der Waals surface area contributed by atoms with Gasteiger partial charge in [-0.2, -0.15) is 0 Å². The van der Waals surface area contributed by atoms with E-state index in [1.165, 1.54) is 0 Å². The van der Waals surface area contributed by atoms with Crippen LogP contribution >= 0.6 is 0 Å². The monoisotopic (exact) mass is 261 g/mol. The van der Waals surface area contributed by atoms with Crippen LogP contribution in [0.5, 0.6) is 0 Å². The molecule has 6 heteroatoms. The number of nitrogens with zero attached hydrogens (tertiary/aromatic N) is 3. The molecule has 1 saturated heterocycles. The van der Waals surface area contributed by atoms with Gasteiger partial charge in [-0.1, -0.05) is 10.3 Å². The lowest BCUT2D eigenvalue weighted by molar-refractivity contribution is 0.0672. The minimum absolute atomic E-state index is 0.0564. The zero-order chi connectivity index (χ0) is 13.4. The first kappa shape index (κ1) is 12.0. The smallest absolute Gasteiger partial charge is 0.293 e. The van der Waals surface area contributed by atoms with Gasteiger partial charge in [0.05, 0.1) is 17.4 Å². The SMILES string of the molecule is Cc1cc(C(=O)N2CCCC2c2cc(C)no2)on1. The number of hydrogen-bond acceptors (Lipinski definition) is 5. The highest BCUT2D eigenvalue weighted by Crippen LogP contribution is 2.33. The van der Waals surface area contributed by atoms with E-state index in [4.69, 9.17) is 9.05 Å². The molecular formula is C13H15N3O3. The Kier molecular flexibility index (Phi) is 2.85. The van der Waals surface area contributed by atoms with Gasteiger partial charge in [0.1, 0.15) is 0 Å². The maximum atomic E-state index is 12.4. The zero-order valence-electron chi connectivity index (χ0n) is 10.9. The summed E-state index contributed by atoms with van der Waals surface area (Å²) in [7, 11) is 0. The number of likely N-dealkylation sites (tertiary alicyclic amines) is 1. The van der Waals surface area contributed by atoms with Crippen molar-refractivity contribution in [3.8, 4) is 0 Å². The standard InChI is InChI=1S/C13H15N3O3/c1-8-6-11(18-14-8)10-4-3-5-16(10)13(17)12-7-9(2)15-19-12/h6-7,10H,3-5H2,1-2H3. The summed E-state index contributed by atoms with van der Waals surface area (Å²) in [5.41, 5.74) is 1.53. The number of aryl methyl sites for hydroxylation is 2. The van der Waals surface area contributed by atoms with Gasteiger partial charge in [0.15, 0.2) is 5.76 Å². The fraction of sp³-hybridized carbons (Fsp3) is 0.462. The van der Waals surface area contributed by atoms with Crippen molar-refractivity contribution in [2.24, 2.45) is 0 Å². The molecule has 1 fully saturated rings. The first-order valence-corrected chi connectivity index (χ1v) is 6.32. The molecule has 6 nitrogen and oxygen atoms in total. The second kappa shape index (κ2) is 4.53. The Bertz CT molecular complexity index is 602. The van der Waals surface area contributed by atoms with E-state index in [0.717, 1.165) is 24.3 Å². The van der Waals surface area contributed by atoms with Crippen LogP contribution in [0, 0.1) is 13.8 Å². The highest BCUT2D eigenvalue weighted by Gasteiger charge is 2.34. The maximum absolute atomic E-state index is 12.4. The predicted molar refractivity (Wildman–Crippen MR) is 65.5 cm³/mol. The van der Waals surface area contributed by atoms with Crippen LogP contribution in [-0.2, 0) is 0 Å². The molecule has 1 unspecified atom stereocenters. The van der Waals surface area contributed by atoms with E-state index in [1.807, 2.05) is 13.0 Å². The highest BCUT2D eigenvalue weighted by molar-refractivity contribution is 5.91. The van der Waals surface area contributed by atoms with E-state index in [1.54, 1.807) is 17.9 Å². The zero-order valence-corrected chi connectivity index (χ0v) is 10.9. The topological polar surface area (TPSA) is 72.4 Å². The Balaban J connectivity index is 1.85. The van der Waals surface area contributed by atoms with Crippen LogP contribution in [0.15, 0.2) is 21.2 Å². The van der Waals surface area contributed by atoms with Gasteiger partial charge in [0.25, 0.3) is 5.91 Å². The van der Waals surface area contributed by atoms with Gasteiger partial charge in [-0.3, -0.25) is 4.79 Å². The van der Waals surface area contributed by atoms with Crippen LogP contribution in [0.1, 0.15) is 46.6 Å². The largest absolute Gasteiger partial charge is 0.359 e. The number of hydrogen-bond donors (Lipinski definition) is 0. The van der Waals surface area contributed by atoms with Crippen molar-refractivity contribution < 1.29 is 13.8 Å². The Morgan fingerprint density at radius 1 is 1.26 bits per heavy atom. The quantitative estimate of drug-likeness (QED) is 0.829. The Morgan fingerprint density at radius 3 is 2.63 bits per heavy atom. The summed E-state index contributed by atoms with van der Waals surface area (Å²) in [6, 6.07) is 3.48. The van der Waals surface area contributed by atoms with Crippen LogP contribution in [0.3, 0.4) is 0 Å². The summed E-state index contributed by atoms with van der Waals surface area (Å²) < 4.78 is 10.3. The van der Waals surface area contributed by atoms with Gasteiger partial charge >= 0.3 is 0 Å². The molecule has 0 bridgehead atoms. The molecule has 0 aromatic carbocycles. The van der Waals surface area contributed by atoms with Gasteiger partial charge < -0.3 is 13.9 Å². The molecule has 3 rings (SSSR count). The minimum atomic E-state index is -0.142. The number of amides is 1. The first-order valence-electron chi connectivity index (χ1n) is 6.32. The van der Waals surface area contributed by atoms with Crippen molar-refractivity contribution in [1.82, 2.24) is 15.2 Å². The highest BCUT2D eigenvalue weighted by atomic mass is 16.5. The lowest BCUT2D eigenvalue weighted by atomic mass is 10.1. The minimum Gasteiger partial charge on any atom is -0.359 e. The molecule has 19 heavy (non-hydrogen) atoms. The van der Waals surface area contributed by atoms with Crippen LogP contribution in [0.25, 0.3) is 0 Å². The van der Waals surface area contributed by atoms with E-state index in [2.05, 4.69) is 10.3 Å². The lowest BCUT2D eigenvalue weighted by Crippen LogP contribution is -2.30. The molecule has 100 valence electrons. The van der Waals surface area contributed by atoms with E-state index in [0.29, 0.717) is 12.2 Å². The molecule has 2 aromatic rings. The molecule has 0 radical (unpaired) electrons. The number of aromatic nitrogens is 2. The summed E-state index contributed by atoms with van der Waals surface area (Å²) >= 11 is 0. The fourth-order valence-electron chi connectivity index (χ4n) is 2.45. The predicted octanol–water partition coefficient (Wildman–Crippen LogP) is 2.26. The van der Waals surface area contributed by atoms with Gasteiger partial charge in [0, 0.05) is 18.7 Å². The third-order valence-electron chi connectivity index (χ3n) is 3.33. The average Bonchev–Trinajstić information content (AvgIpc) is 3.07. The van der Waals surface area contributed by atoms with E-state index in [-0.39, 0.29) is 17.7 Å². The average molecular weight is 261 g/mol. The third-order valence-corrected chi connectivity index (χ3v) is 3.33. The molecule has 1 aliphatic heterocycles. The Hall–Kier alpha value is -2.11. The van der Waals surface area contributed by atoms with Crippen molar-refractivity contribution in [2.45, 2.75) is 32.7 Å². The summed E-state index contributed by atoms with van der Waals surface area (Å²) in [5.74, 6) is 0.873. The summed E-state index contributed by atoms with van der Waals surface area (Å²) in [6.45, 7) is 4.36. The maximum Gasteiger partial charge on any atom is 0.293 e. The van der Waals surface area contributed by atoms with Gasteiger partial charge in [-0.15, -0.1) is 0 Å². The first-order chi connectivity index (χ1) is 9.15. The third kappa shape index (κ3) is 2.14. The van der Waals surface area contributed by atoms with Crippen molar-refractivity contribution in [3.63, 3.8) is 0 Å². The van der Waals surface area contributed by atoms with E-state index in [9.17, 15) is 4.79 Å². The van der Waals surface area contributed by atoms with Crippen LogP contribution in [0.2, 0.25) is 0 Å². The van der Waals surface area contributed by atoms with Crippen LogP contribution in [-0.4, -0.2) is 27.7 Å². The number of carbonyl (C=O) groups excluding carboxylic acids is 1. The van der Waals surface area contributed by atoms with Gasteiger partial charge in [-0.25, -0.2) is 0 Å². The second-order valence-electron chi connectivity index (χ2n) is 4.86. The van der Waals surface area contributed by atoms with Crippen molar-refractivity contribution in [1.29, 1.82) is 0 Å². The summed E-state index contributed by atoms with van der Waals surface area (Å²) in [4.78, 5) is 14.1. The second-order valence-corrected chi connectivity index (χ2v) is 4.86. The van der Waals surface area contributed by atoms with Crippen molar-refractivity contribution in [3.05, 3.63) is 35.0 Å². The normalized spacial score (nSPS) is 19.1. The van der Waals surface area contributed by atoms with E-state index < -0.39 is 0 Å². The Labute approximate surface area is 110 Å². The molecule has 1 atom stereocenters. The van der Waals surface area contributed by atoms with Gasteiger partial charge in [-0.05, 0) is 26.7 Å². The van der Waals surface area contributed by atoms with Crippen molar-refractivity contribution in [2.75, 3.05) is 6.54 Å². The van der Waals surface area contributed by atoms with Crippen LogP contribution in [0.4, 0.5) is 0 Å². The molecule has 0 N–H and O–H groups in total. The summed E-state index contributed by atoms with van der Waals surface area (Å²) in [6.07, 6.45) is 1.83. The molecule has 3 heterocycles. The van der Waals surface area contributed by atoms with E-state index >= 15 is 0 Å². The molecule has 0 saturated carbocycles.